The van der Waals surface area contributed by atoms with Crippen LogP contribution in [0.15, 0.2) is 13.2 Å². The minimum atomic E-state index is -1.77. The molecule has 58 valence electrons. The zero-order valence-electron chi connectivity index (χ0n) is 5.91. The lowest BCUT2D eigenvalue weighted by atomic mass is 10.3. The Labute approximate surface area is 62.0 Å². The maximum atomic E-state index is 10.4. The summed E-state index contributed by atoms with van der Waals surface area (Å²) in [7, 11) is -1.77. The molecule has 0 amide bonds. The minimum Gasteiger partial charge on any atom is -0.119 e. The van der Waals surface area contributed by atoms with Crippen LogP contribution in [-0.4, -0.2) is 13.2 Å². The Kier molecular flexibility index (Phi) is 6.71. The standard InChI is InChI=1S/C4H8O3P.C2H4/c5-8-6-3-1-2-4-7-8;1-2/h1-4H2;1-2H2/q+1;. The van der Waals surface area contributed by atoms with Gasteiger partial charge < -0.3 is 0 Å². The Morgan fingerprint density at radius 3 is 1.90 bits per heavy atom. The van der Waals surface area contributed by atoms with Gasteiger partial charge in [0.05, 0.1) is 0 Å². The van der Waals surface area contributed by atoms with Gasteiger partial charge in [-0.25, -0.2) is 0 Å². The van der Waals surface area contributed by atoms with E-state index < -0.39 is 8.25 Å². The summed E-state index contributed by atoms with van der Waals surface area (Å²) >= 11 is 0. The van der Waals surface area contributed by atoms with Crippen LogP contribution in [0.4, 0.5) is 0 Å². The lowest BCUT2D eigenvalue weighted by Gasteiger charge is -1.79. The summed E-state index contributed by atoms with van der Waals surface area (Å²) in [4.78, 5) is 0. The summed E-state index contributed by atoms with van der Waals surface area (Å²) in [6.45, 7) is 7.16. The first kappa shape index (κ1) is 9.76. The molecule has 10 heavy (non-hydrogen) atoms. The molecule has 0 radical (unpaired) electrons. The zero-order chi connectivity index (χ0) is 7.82. The Morgan fingerprint density at radius 2 is 1.50 bits per heavy atom. The van der Waals surface area contributed by atoms with Crippen LogP contribution in [0.2, 0.25) is 0 Å². The van der Waals surface area contributed by atoms with Gasteiger partial charge in [0.2, 0.25) is 0 Å². The molecule has 1 heterocycles. The van der Waals surface area contributed by atoms with Gasteiger partial charge in [0.1, 0.15) is 13.2 Å². The second kappa shape index (κ2) is 6.87. The molecule has 0 bridgehead atoms. The van der Waals surface area contributed by atoms with E-state index in [2.05, 4.69) is 22.2 Å². The maximum absolute atomic E-state index is 10.4. The summed E-state index contributed by atoms with van der Waals surface area (Å²) in [5.41, 5.74) is 0. The van der Waals surface area contributed by atoms with Crippen molar-refractivity contribution < 1.29 is 13.6 Å². The molecule has 1 aliphatic rings. The molecule has 0 aromatic carbocycles. The van der Waals surface area contributed by atoms with E-state index in [9.17, 15) is 4.57 Å². The van der Waals surface area contributed by atoms with Crippen molar-refractivity contribution in [2.45, 2.75) is 12.8 Å². The Balaban J connectivity index is 0.000000371. The van der Waals surface area contributed by atoms with Gasteiger partial charge in [-0.05, 0) is 12.8 Å². The predicted octanol–water partition coefficient (Wildman–Crippen LogP) is 2.27. The predicted molar refractivity (Wildman–Crippen MR) is 40.0 cm³/mol. The van der Waals surface area contributed by atoms with Gasteiger partial charge >= 0.3 is 8.25 Å². The van der Waals surface area contributed by atoms with Crippen molar-refractivity contribution in [3.05, 3.63) is 13.2 Å². The van der Waals surface area contributed by atoms with Crippen molar-refractivity contribution >= 4 is 8.25 Å². The van der Waals surface area contributed by atoms with E-state index in [1.54, 1.807) is 0 Å². The zero-order valence-corrected chi connectivity index (χ0v) is 6.81. The molecule has 0 aliphatic carbocycles. The third-order valence-corrected chi connectivity index (χ3v) is 1.72. The average Bonchev–Trinajstić information content (AvgIpc) is 2.21. The first-order valence-electron chi connectivity index (χ1n) is 3.13. The van der Waals surface area contributed by atoms with Crippen molar-refractivity contribution in [3.63, 3.8) is 0 Å². The summed E-state index contributed by atoms with van der Waals surface area (Å²) in [6.07, 6.45) is 1.92. The molecule has 0 atom stereocenters. The van der Waals surface area contributed by atoms with Gasteiger partial charge in [0, 0.05) is 4.57 Å². The second-order valence-electron chi connectivity index (χ2n) is 1.60. The fourth-order valence-electron chi connectivity index (χ4n) is 0.520. The van der Waals surface area contributed by atoms with Crippen LogP contribution in [0.1, 0.15) is 12.8 Å². The van der Waals surface area contributed by atoms with Gasteiger partial charge in [-0.1, -0.05) is 0 Å². The smallest absolute Gasteiger partial charge is 0.119 e. The van der Waals surface area contributed by atoms with E-state index in [4.69, 9.17) is 0 Å². The highest BCUT2D eigenvalue weighted by molar-refractivity contribution is 7.33. The van der Waals surface area contributed by atoms with Crippen LogP contribution in [0.3, 0.4) is 0 Å². The molecule has 0 aromatic heterocycles. The third kappa shape index (κ3) is 4.62. The molecule has 0 saturated carbocycles. The molecule has 1 fully saturated rings. The van der Waals surface area contributed by atoms with E-state index in [1.807, 2.05) is 0 Å². The quantitative estimate of drug-likeness (QED) is 0.406. The maximum Gasteiger partial charge on any atom is 0.697 e. The lowest BCUT2D eigenvalue weighted by Crippen LogP contribution is -1.82. The van der Waals surface area contributed by atoms with Crippen molar-refractivity contribution in [2.24, 2.45) is 0 Å². The molecule has 1 aliphatic heterocycles. The van der Waals surface area contributed by atoms with Crippen LogP contribution >= 0.6 is 8.25 Å². The number of hydrogen-bond donors (Lipinski definition) is 0. The molecule has 1 saturated heterocycles. The van der Waals surface area contributed by atoms with E-state index in [0.717, 1.165) is 12.8 Å². The van der Waals surface area contributed by atoms with Gasteiger partial charge in [-0.3, -0.25) is 0 Å². The molecule has 3 nitrogen and oxygen atoms in total. The van der Waals surface area contributed by atoms with Crippen LogP contribution in [0.25, 0.3) is 0 Å². The van der Waals surface area contributed by atoms with E-state index in [-0.39, 0.29) is 0 Å². The van der Waals surface area contributed by atoms with Crippen molar-refractivity contribution in [2.75, 3.05) is 13.2 Å². The fraction of sp³-hybridized carbons (Fsp3) is 0.667. The molecule has 4 heteroatoms. The van der Waals surface area contributed by atoms with Gasteiger partial charge in [0.15, 0.2) is 0 Å². The van der Waals surface area contributed by atoms with E-state index in [1.165, 1.54) is 0 Å². The van der Waals surface area contributed by atoms with Crippen LogP contribution < -0.4 is 0 Å². The first-order chi connectivity index (χ1) is 4.89. The molecular weight excluding hydrogens is 151 g/mol. The van der Waals surface area contributed by atoms with E-state index in [0.29, 0.717) is 13.2 Å². The van der Waals surface area contributed by atoms with Crippen LogP contribution in [0.5, 0.6) is 0 Å². The highest BCUT2D eigenvalue weighted by atomic mass is 31.1. The lowest BCUT2D eigenvalue weighted by molar-refractivity contribution is 0.263. The fourth-order valence-corrected chi connectivity index (χ4v) is 1.15. The summed E-state index contributed by atoms with van der Waals surface area (Å²) in [5.74, 6) is 0. The monoisotopic (exact) mass is 163 g/mol. The van der Waals surface area contributed by atoms with Crippen LogP contribution in [-0.2, 0) is 13.6 Å². The Morgan fingerprint density at radius 1 is 1.10 bits per heavy atom. The Bertz CT molecular complexity index is 95.2. The molecule has 0 spiro atoms. The number of hydrogen-bond acceptors (Lipinski definition) is 3. The topological polar surface area (TPSA) is 35.5 Å². The number of rotatable bonds is 0. The van der Waals surface area contributed by atoms with Gasteiger partial charge in [-0.15, -0.1) is 22.2 Å². The molecule has 0 N–H and O–H groups in total. The van der Waals surface area contributed by atoms with Gasteiger partial charge in [0.25, 0.3) is 0 Å². The Hall–Kier alpha value is -0.240. The van der Waals surface area contributed by atoms with Crippen LogP contribution in [0, 0.1) is 0 Å². The van der Waals surface area contributed by atoms with Crippen molar-refractivity contribution in [3.8, 4) is 0 Å². The largest absolute Gasteiger partial charge is 0.697 e. The van der Waals surface area contributed by atoms with Gasteiger partial charge in [-0.2, -0.15) is 0 Å². The van der Waals surface area contributed by atoms with E-state index >= 15 is 0 Å². The average molecular weight is 163 g/mol. The summed E-state index contributed by atoms with van der Waals surface area (Å²) in [5, 5.41) is 0. The molecule has 1 rings (SSSR count). The highest BCUT2D eigenvalue weighted by Crippen LogP contribution is 2.26. The highest BCUT2D eigenvalue weighted by Gasteiger charge is 2.21. The first-order valence-corrected chi connectivity index (χ1v) is 4.22. The summed E-state index contributed by atoms with van der Waals surface area (Å²) < 4.78 is 19.8. The van der Waals surface area contributed by atoms with Crippen molar-refractivity contribution in [1.82, 2.24) is 0 Å². The molecular formula is C6H12O3P+. The summed E-state index contributed by atoms with van der Waals surface area (Å²) in [6, 6.07) is 0. The second-order valence-corrected chi connectivity index (χ2v) is 2.56. The normalized spacial score (nSPS) is 18.6. The minimum absolute atomic E-state index is 0.579. The third-order valence-electron chi connectivity index (χ3n) is 0.932. The molecule has 0 aromatic rings. The SMILES string of the molecule is C=C.O=[P+]1OCCCCO1. The van der Waals surface area contributed by atoms with Crippen molar-refractivity contribution in [1.29, 1.82) is 0 Å². The molecule has 0 unspecified atom stereocenters.